The Hall–Kier alpha value is -0.630. The van der Waals surface area contributed by atoms with Crippen LogP contribution in [-0.4, -0.2) is 23.5 Å². The molecule has 1 rings (SSSR count). The van der Waals surface area contributed by atoms with Crippen molar-refractivity contribution in [1.29, 1.82) is 0 Å². The van der Waals surface area contributed by atoms with Gasteiger partial charge >= 0.3 is 5.91 Å². The van der Waals surface area contributed by atoms with Crippen LogP contribution in [0.3, 0.4) is 0 Å². The van der Waals surface area contributed by atoms with Crippen LogP contribution in [0.15, 0.2) is 12.3 Å². The molecule has 0 spiro atoms. The molecule has 0 aromatic carbocycles. The van der Waals surface area contributed by atoms with Gasteiger partial charge in [0.15, 0.2) is 0 Å². The van der Waals surface area contributed by atoms with E-state index in [0.717, 1.165) is 13.1 Å². The molecule has 1 aliphatic heterocycles. The summed E-state index contributed by atoms with van der Waals surface area (Å²) in [6, 6.07) is 0. The van der Waals surface area contributed by atoms with Crippen LogP contribution in [-0.2, 0) is 4.79 Å². The van der Waals surface area contributed by atoms with Crippen LogP contribution in [0.4, 0.5) is 0 Å². The van der Waals surface area contributed by atoms with Gasteiger partial charge in [-0.2, -0.15) is 0 Å². The van der Waals surface area contributed by atoms with E-state index >= 15 is 0 Å². The van der Waals surface area contributed by atoms with Gasteiger partial charge in [0.05, 0.1) is 19.2 Å². The molecule has 2 nitrogen and oxygen atoms in total. The van der Waals surface area contributed by atoms with Crippen molar-refractivity contribution in [3.8, 4) is 0 Å². The zero-order valence-corrected chi connectivity index (χ0v) is 14.4. The van der Waals surface area contributed by atoms with Crippen molar-refractivity contribution in [3.05, 3.63) is 12.3 Å². The van der Waals surface area contributed by atoms with Crippen LogP contribution in [0.25, 0.3) is 0 Å². The summed E-state index contributed by atoms with van der Waals surface area (Å²) in [5, 5.41) is 0. The fourth-order valence-electron chi connectivity index (χ4n) is 3.18. The molecule has 0 saturated carbocycles. The molecule has 0 aromatic heterocycles. The van der Waals surface area contributed by atoms with Gasteiger partial charge in [0.2, 0.25) is 0 Å². The molecule has 0 N–H and O–H groups in total. The maximum atomic E-state index is 12.0. The van der Waals surface area contributed by atoms with Crippen molar-refractivity contribution >= 4 is 5.91 Å². The summed E-state index contributed by atoms with van der Waals surface area (Å²) in [5.41, 5.74) is 0. The molecule has 1 amide bonds. The predicted octanol–water partition coefficient (Wildman–Crippen LogP) is 5.58. The third-order valence-corrected chi connectivity index (χ3v) is 4.76. The summed E-state index contributed by atoms with van der Waals surface area (Å²) in [6.07, 6.45) is 19.6. The van der Waals surface area contributed by atoms with Gasteiger partial charge in [-0.15, -0.1) is 0 Å². The normalized spacial score (nSPS) is 16.2. The minimum atomic E-state index is 0.345. The van der Waals surface area contributed by atoms with Crippen molar-refractivity contribution in [2.45, 2.75) is 90.9 Å². The SMILES string of the molecule is CCCCCCCC[N+]1(CCCCCCCC)C=CC1=O. The quantitative estimate of drug-likeness (QED) is 0.302. The van der Waals surface area contributed by atoms with Crippen LogP contribution >= 0.6 is 0 Å². The van der Waals surface area contributed by atoms with E-state index in [0.29, 0.717) is 10.4 Å². The molecule has 0 radical (unpaired) electrons. The Morgan fingerprint density at radius 1 is 0.714 bits per heavy atom. The van der Waals surface area contributed by atoms with Gasteiger partial charge in [-0.05, 0) is 25.7 Å². The van der Waals surface area contributed by atoms with Gasteiger partial charge in [0.25, 0.3) is 0 Å². The first-order valence-corrected chi connectivity index (χ1v) is 9.35. The van der Waals surface area contributed by atoms with E-state index in [-0.39, 0.29) is 0 Å². The Balaban J connectivity index is 2.13. The van der Waals surface area contributed by atoms with Crippen LogP contribution in [0.5, 0.6) is 0 Å². The van der Waals surface area contributed by atoms with Crippen LogP contribution < -0.4 is 0 Å². The lowest BCUT2D eigenvalue weighted by molar-refractivity contribution is -0.812. The molecule has 0 atom stereocenters. The second-order valence-electron chi connectivity index (χ2n) is 6.67. The van der Waals surface area contributed by atoms with Gasteiger partial charge in [-0.3, -0.25) is 0 Å². The Kier molecular flexibility index (Phi) is 9.65. The number of carbonyl (C=O) groups is 1. The number of amides is 1. The lowest BCUT2D eigenvalue weighted by Gasteiger charge is -2.36. The summed E-state index contributed by atoms with van der Waals surface area (Å²) in [4.78, 5) is 12.0. The molecule has 1 aliphatic rings. The molecule has 1 heterocycles. The molecular formula is C19H36NO+. The minimum absolute atomic E-state index is 0.345. The fourth-order valence-corrected chi connectivity index (χ4v) is 3.18. The van der Waals surface area contributed by atoms with Crippen molar-refractivity contribution in [2.24, 2.45) is 0 Å². The smallest absolute Gasteiger partial charge is 0.230 e. The number of hydrogen-bond donors (Lipinski definition) is 0. The second kappa shape index (κ2) is 11.0. The maximum absolute atomic E-state index is 12.0. The molecule has 0 bridgehead atoms. The molecule has 0 fully saturated rings. The van der Waals surface area contributed by atoms with E-state index in [1.165, 1.54) is 77.0 Å². The van der Waals surface area contributed by atoms with E-state index in [2.05, 4.69) is 20.0 Å². The zero-order chi connectivity index (χ0) is 15.4. The van der Waals surface area contributed by atoms with Crippen LogP contribution in [0.1, 0.15) is 90.9 Å². The second-order valence-corrected chi connectivity index (χ2v) is 6.67. The highest BCUT2D eigenvalue weighted by molar-refractivity contribution is 5.86. The topological polar surface area (TPSA) is 17.1 Å². The van der Waals surface area contributed by atoms with Gasteiger partial charge in [0, 0.05) is 0 Å². The van der Waals surface area contributed by atoms with Gasteiger partial charge in [0.1, 0.15) is 6.20 Å². The van der Waals surface area contributed by atoms with Crippen LogP contribution in [0.2, 0.25) is 0 Å². The summed E-state index contributed by atoms with van der Waals surface area (Å²) >= 11 is 0. The first kappa shape index (κ1) is 18.4. The van der Waals surface area contributed by atoms with E-state index in [1.54, 1.807) is 6.08 Å². The van der Waals surface area contributed by atoms with Gasteiger partial charge in [-0.25, -0.2) is 9.28 Å². The molecule has 21 heavy (non-hydrogen) atoms. The number of rotatable bonds is 14. The molecule has 2 heteroatoms. The third kappa shape index (κ3) is 6.78. The van der Waals surface area contributed by atoms with E-state index in [1.807, 2.05) is 0 Å². The fraction of sp³-hybridized carbons (Fsp3) is 0.842. The first-order chi connectivity index (χ1) is 10.2. The Bertz CT molecular complexity index is 293. The lowest BCUT2D eigenvalue weighted by atomic mass is 10.1. The highest BCUT2D eigenvalue weighted by Gasteiger charge is 2.39. The van der Waals surface area contributed by atoms with E-state index in [4.69, 9.17) is 0 Å². The third-order valence-electron chi connectivity index (χ3n) is 4.76. The average Bonchev–Trinajstić information content (AvgIpc) is 2.50. The summed E-state index contributed by atoms with van der Waals surface area (Å²) in [7, 11) is 0. The lowest BCUT2D eigenvalue weighted by Crippen LogP contribution is -2.54. The van der Waals surface area contributed by atoms with Gasteiger partial charge in [-0.1, -0.05) is 65.2 Å². The maximum Gasteiger partial charge on any atom is 0.348 e. The van der Waals surface area contributed by atoms with Crippen molar-refractivity contribution in [3.63, 3.8) is 0 Å². The minimum Gasteiger partial charge on any atom is -0.230 e. The van der Waals surface area contributed by atoms with Crippen molar-refractivity contribution in [1.82, 2.24) is 0 Å². The monoisotopic (exact) mass is 294 g/mol. The molecular weight excluding hydrogens is 258 g/mol. The molecule has 122 valence electrons. The molecule has 0 unspecified atom stereocenters. The molecule has 0 saturated heterocycles. The molecule has 0 aromatic rings. The van der Waals surface area contributed by atoms with Crippen LogP contribution in [0, 0.1) is 0 Å². The highest BCUT2D eigenvalue weighted by atomic mass is 16.2. The summed E-state index contributed by atoms with van der Waals surface area (Å²) in [6.45, 7) is 6.58. The Morgan fingerprint density at radius 3 is 1.48 bits per heavy atom. The number of unbranched alkanes of at least 4 members (excludes halogenated alkanes) is 10. The molecule has 0 aliphatic carbocycles. The number of quaternary nitrogens is 1. The first-order valence-electron chi connectivity index (χ1n) is 9.35. The average molecular weight is 295 g/mol. The summed E-state index contributed by atoms with van der Waals surface area (Å²) in [5.74, 6) is 0.345. The van der Waals surface area contributed by atoms with Gasteiger partial charge < -0.3 is 0 Å². The number of hydrogen-bond acceptors (Lipinski definition) is 1. The largest absolute Gasteiger partial charge is 0.348 e. The number of nitrogens with zero attached hydrogens (tertiary/aromatic N) is 1. The summed E-state index contributed by atoms with van der Waals surface area (Å²) < 4.78 is 0.654. The Morgan fingerprint density at radius 2 is 1.14 bits per heavy atom. The van der Waals surface area contributed by atoms with Crippen molar-refractivity contribution < 1.29 is 9.28 Å². The predicted molar refractivity (Wildman–Crippen MR) is 90.9 cm³/mol. The Labute approximate surface area is 132 Å². The zero-order valence-electron chi connectivity index (χ0n) is 14.4. The van der Waals surface area contributed by atoms with Crippen molar-refractivity contribution in [2.75, 3.05) is 13.1 Å². The van der Waals surface area contributed by atoms with E-state index < -0.39 is 0 Å². The number of carbonyl (C=O) groups excluding carboxylic acids is 1. The highest BCUT2D eigenvalue weighted by Crippen LogP contribution is 2.23. The van der Waals surface area contributed by atoms with E-state index in [9.17, 15) is 4.79 Å². The standard InChI is InChI=1S/C19H36NO/c1-3-5-7-9-11-13-16-20(18-15-19(20)21)17-14-12-10-8-6-4-2/h15,18H,3-14,16-17H2,1-2H3/q+1.